The number of carbonyl (C=O) groups excluding carboxylic acids is 1. The summed E-state index contributed by atoms with van der Waals surface area (Å²) in [7, 11) is 0. The molecule has 0 radical (unpaired) electrons. The van der Waals surface area contributed by atoms with Crippen LogP contribution in [0.4, 0.5) is 18.0 Å². The summed E-state index contributed by atoms with van der Waals surface area (Å²) in [6.45, 7) is 8.27. The van der Waals surface area contributed by atoms with Gasteiger partial charge in [-0.15, -0.1) is 29.6 Å². The molecule has 0 aliphatic rings. The Hall–Kier alpha value is -4.71. The molecule has 12 heteroatoms. The quantitative estimate of drug-likeness (QED) is 0.180. The average Bonchev–Trinajstić information content (AvgIpc) is 3.63. The molecule has 0 saturated heterocycles. The van der Waals surface area contributed by atoms with Gasteiger partial charge < -0.3 is 10.1 Å². The van der Waals surface area contributed by atoms with E-state index in [4.69, 9.17) is 0 Å². The largest absolute Gasteiger partial charge is 0.573 e. The number of nitrogens with one attached hydrogen (secondary N) is 1. The van der Waals surface area contributed by atoms with Crippen molar-refractivity contribution in [3.63, 3.8) is 0 Å². The van der Waals surface area contributed by atoms with E-state index in [2.05, 4.69) is 51.1 Å². The molecular weight excluding hydrogens is 601 g/mol. The number of alkyl halides is 3. The fourth-order valence-electron chi connectivity index (χ4n) is 4.87. The van der Waals surface area contributed by atoms with Crippen molar-refractivity contribution in [3.8, 4) is 28.5 Å². The van der Waals surface area contributed by atoms with Gasteiger partial charge in [0, 0.05) is 22.7 Å². The molecule has 8 nitrogen and oxygen atoms in total. The van der Waals surface area contributed by atoms with Gasteiger partial charge in [-0.05, 0) is 74.1 Å². The Labute approximate surface area is 262 Å². The normalized spacial score (nSPS) is 12.8. The number of rotatable bonds is 9. The van der Waals surface area contributed by atoms with Gasteiger partial charge in [-0.3, -0.25) is 4.57 Å². The zero-order valence-electron chi connectivity index (χ0n) is 25.2. The second kappa shape index (κ2) is 13.5. The van der Waals surface area contributed by atoms with Crippen molar-refractivity contribution >= 4 is 17.4 Å². The summed E-state index contributed by atoms with van der Waals surface area (Å²) in [5, 5.41) is 9.45. The van der Waals surface area contributed by atoms with Gasteiger partial charge in [0.2, 0.25) is 0 Å². The standard InChI is InChI=1S/C33H33F3N6O2S/c1-21(2)28-7-5-6-8-29(28)42-23(4)19-45-32(42)39-31(43)38-22(3)9-10-24-11-13-25(14-12-24)30-37-20-41(40-30)26-15-17-27(18-16-26)44-33(34,35)36/h5-8,11-22H,9-10H2,1-4H3,(H,38,43). The van der Waals surface area contributed by atoms with E-state index < -0.39 is 6.36 Å². The molecule has 0 aliphatic heterocycles. The highest BCUT2D eigenvalue weighted by Gasteiger charge is 2.31. The lowest BCUT2D eigenvalue weighted by Crippen LogP contribution is -2.32. The number of ether oxygens (including phenoxy) is 1. The summed E-state index contributed by atoms with van der Waals surface area (Å²) in [5.74, 6) is 0.504. The second-order valence-electron chi connectivity index (χ2n) is 11.0. The lowest BCUT2D eigenvalue weighted by Gasteiger charge is -2.15. The van der Waals surface area contributed by atoms with E-state index in [0.717, 1.165) is 35.3 Å². The van der Waals surface area contributed by atoms with E-state index in [1.54, 1.807) is 0 Å². The van der Waals surface area contributed by atoms with Crippen molar-refractivity contribution in [2.75, 3.05) is 0 Å². The molecule has 0 fully saturated rings. The Balaban J connectivity index is 1.18. The third kappa shape index (κ3) is 8.07. The number of aromatic nitrogens is 4. The lowest BCUT2D eigenvalue weighted by atomic mass is 10.0. The fourth-order valence-corrected chi connectivity index (χ4v) is 5.73. The summed E-state index contributed by atoms with van der Waals surface area (Å²) in [6.07, 6.45) is -1.78. The summed E-state index contributed by atoms with van der Waals surface area (Å²) in [4.78, 5) is 22.2. The molecule has 2 heterocycles. The maximum Gasteiger partial charge on any atom is 0.573 e. The highest BCUT2D eigenvalue weighted by atomic mass is 32.1. The molecule has 0 aliphatic carbocycles. The van der Waals surface area contributed by atoms with Crippen LogP contribution in [-0.4, -0.2) is 37.8 Å². The van der Waals surface area contributed by atoms with E-state index in [1.807, 2.05) is 60.2 Å². The van der Waals surface area contributed by atoms with Crippen LogP contribution in [0.2, 0.25) is 0 Å². The van der Waals surface area contributed by atoms with Crippen LogP contribution in [0.25, 0.3) is 22.8 Å². The van der Waals surface area contributed by atoms with Gasteiger partial charge >= 0.3 is 12.4 Å². The molecule has 3 aromatic carbocycles. The summed E-state index contributed by atoms with van der Waals surface area (Å²) in [6, 6.07) is 20.9. The minimum Gasteiger partial charge on any atom is -0.406 e. The van der Waals surface area contributed by atoms with Crippen molar-refractivity contribution in [3.05, 3.63) is 106 Å². The zero-order valence-corrected chi connectivity index (χ0v) is 26.1. The van der Waals surface area contributed by atoms with Gasteiger partial charge in [-0.25, -0.2) is 14.5 Å². The van der Waals surface area contributed by atoms with Gasteiger partial charge in [-0.1, -0.05) is 56.3 Å². The zero-order chi connectivity index (χ0) is 32.1. The van der Waals surface area contributed by atoms with E-state index in [-0.39, 0.29) is 17.8 Å². The minimum absolute atomic E-state index is 0.0938. The van der Waals surface area contributed by atoms with Crippen LogP contribution in [0.1, 0.15) is 49.9 Å². The second-order valence-corrected chi connectivity index (χ2v) is 11.8. The third-order valence-electron chi connectivity index (χ3n) is 7.15. The van der Waals surface area contributed by atoms with Crippen LogP contribution in [0.3, 0.4) is 0 Å². The first-order valence-corrected chi connectivity index (χ1v) is 15.3. The Morgan fingerprint density at radius 1 is 1.02 bits per heavy atom. The Bertz CT molecular complexity index is 1820. The van der Waals surface area contributed by atoms with Gasteiger partial charge in [0.15, 0.2) is 10.6 Å². The number of hydrogen-bond acceptors (Lipinski definition) is 5. The average molecular weight is 635 g/mol. The number of thiazole rings is 1. The molecule has 2 amide bonds. The Kier molecular flexibility index (Phi) is 9.52. The third-order valence-corrected chi connectivity index (χ3v) is 8.09. The first-order valence-electron chi connectivity index (χ1n) is 14.5. The number of urea groups is 1. The minimum atomic E-state index is -4.75. The first-order chi connectivity index (χ1) is 21.5. The first kappa shape index (κ1) is 31.7. The van der Waals surface area contributed by atoms with Crippen molar-refractivity contribution < 1.29 is 22.7 Å². The number of amides is 2. The maximum atomic E-state index is 12.9. The van der Waals surface area contributed by atoms with Crippen LogP contribution in [0, 0.1) is 6.92 Å². The van der Waals surface area contributed by atoms with Gasteiger partial charge in [-0.2, -0.15) is 4.99 Å². The Morgan fingerprint density at radius 2 is 1.73 bits per heavy atom. The lowest BCUT2D eigenvalue weighted by molar-refractivity contribution is -0.274. The highest BCUT2D eigenvalue weighted by Crippen LogP contribution is 2.25. The number of benzene rings is 3. The van der Waals surface area contributed by atoms with Crippen LogP contribution in [0.15, 0.2) is 89.5 Å². The number of aryl methyl sites for hydroxylation is 2. The predicted molar refractivity (Wildman–Crippen MR) is 168 cm³/mol. The SMILES string of the molecule is Cc1csc(=NC(=O)NC(C)CCc2ccc(-c3ncn(-c4ccc(OC(F)(F)F)cc4)n3)cc2)n1-c1ccccc1C(C)C. The number of nitrogens with zero attached hydrogens (tertiary/aromatic N) is 5. The summed E-state index contributed by atoms with van der Waals surface area (Å²) in [5.41, 5.74) is 5.68. The molecule has 234 valence electrons. The van der Waals surface area contributed by atoms with Crippen molar-refractivity contribution in [1.29, 1.82) is 0 Å². The van der Waals surface area contributed by atoms with Crippen LogP contribution in [0.5, 0.6) is 5.75 Å². The van der Waals surface area contributed by atoms with Gasteiger partial charge in [0.25, 0.3) is 0 Å². The van der Waals surface area contributed by atoms with Crippen LogP contribution in [-0.2, 0) is 6.42 Å². The Morgan fingerprint density at radius 3 is 2.42 bits per heavy atom. The van der Waals surface area contributed by atoms with E-state index in [9.17, 15) is 18.0 Å². The van der Waals surface area contributed by atoms with Crippen molar-refractivity contribution in [2.45, 2.75) is 58.9 Å². The van der Waals surface area contributed by atoms with Gasteiger partial charge in [0.05, 0.1) is 11.4 Å². The topological polar surface area (TPSA) is 86.3 Å². The number of hydrogen-bond donors (Lipinski definition) is 1. The molecule has 1 unspecified atom stereocenters. The van der Waals surface area contributed by atoms with Crippen molar-refractivity contribution in [1.82, 2.24) is 24.6 Å². The molecular formula is C33H33F3N6O2S. The van der Waals surface area contributed by atoms with E-state index in [0.29, 0.717) is 22.2 Å². The molecule has 5 rings (SSSR count). The molecule has 2 aromatic heterocycles. The predicted octanol–water partition coefficient (Wildman–Crippen LogP) is 7.75. The molecule has 5 aromatic rings. The van der Waals surface area contributed by atoms with E-state index >= 15 is 0 Å². The monoisotopic (exact) mass is 634 g/mol. The molecule has 45 heavy (non-hydrogen) atoms. The molecule has 0 saturated carbocycles. The van der Waals surface area contributed by atoms with Crippen molar-refractivity contribution in [2.24, 2.45) is 4.99 Å². The number of carbonyl (C=O) groups is 1. The molecule has 1 N–H and O–H groups in total. The number of para-hydroxylation sites is 1. The van der Waals surface area contributed by atoms with Crippen LogP contribution < -0.4 is 14.9 Å². The molecule has 0 bridgehead atoms. The highest BCUT2D eigenvalue weighted by molar-refractivity contribution is 7.07. The summed E-state index contributed by atoms with van der Waals surface area (Å²) >= 11 is 1.44. The maximum absolute atomic E-state index is 12.9. The molecule has 0 spiro atoms. The van der Waals surface area contributed by atoms with Gasteiger partial charge in [0.1, 0.15) is 12.1 Å². The van der Waals surface area contributed by atoms with Crippen LogP contribution >= 0.6 is 11.3 Å². The molecule has 1 atom stereocenters. The fraction of sp³-hybridized carbons (Fsp3) is 0.273. The number of halogens is 3. The van der Waals surface area contributed by atoms with E-state index in [1.165, 1.54) is 52.2 Å². The summed E-state index contributed by atoms with van der Waals surface area (Å²) < 4.78 is 44.7. The smallest absolute Gasteiger partial charge is 0.406 e.